The SMILES string of the molecule is CCOCc1ccc(OF)c2ncccc12. The van der Waals surface area contributed by atoms with Crippen LogP contribution in [0, 0.1) is 0 Å². The zero-order chi connectivity index (χ0) is 11.4. The molecule has 0 amide bonds. The van der Waals surface area contributed by atoms with E-state index in [2.05, 4.69) is 9.93 Å². The lowest BCUT2D eigenvalue weighted by Gasteiger charge is -2.07. The van der Waals surface area contributed by atoms with E-state index in [-0.39, 0.29) is 5.75 Å². The molecule has 3 nitrogen and oxygen atoms in total. The third-order valence-corrected chi connectivity index (χ3v) is 2.37. The summed E-state index contributed by atoms with van der Waals surface area (Å²) in [4.78, 5) is 7.88. The Hall–Kier alpha value is -1.68. The number of fused-ring (bicyclic) bond motifs is 1. The zero-order valence-electron chi connectivity index (χ0n) is 8.94. The van der Waals surface area contributed by atoms with Gasteiger partial charge >= 0.3 is 0 Å². The molecular formula is C12H12FNO2. The summed E-state index contributed by atoms with van der Waals surface area (Å²) in [7, 11) is 0. The maximum absolute atomic E-state index is 12.3. The van der Waals surface area contributed by atoms with Crippen LogP contribution in [0.1, 0.15) is 12.5 Å². The van der Waals surface area contributed by atoms with Gasteiger partial charge in [-0.05, 0) is 24.6 Å². The van der Waals surface area contributed by atoms with Crippen LogP contribution < -0.4 is 4.94 Å². The molecule has 2 rings (SSSR count). The predicted octanol–water partition coefficient (Wildman–Crippen LogP) is 3.03. The van der Waals surface area contributed by atoms with Gasteiger partial charge in [-0.15, -0.1) is 0 Å². The molecule has 0 bridgehead atoms. The number of rotatable bonds is 4. The van der Waals surface area contributed by atoms with Gasteiger partial charge in [0.05, 0.1) is 6.61 Å². The molecule has 16 heavy (non-hydrogen) atoms. The molecule has 0 fully saturated rings. The van der Waals surface area contributed by atoms with Crippen LogP contribution in [0.3, 0.4) is 0 Å². The lowest BCUT2D eigenvalue weighted by Crippen LogP contribution is -1.94. The van der Waals surface area contributed by atoms with Gasteiger partial charge in [-0.1, -0.05) is 12.1 Å². The quantitative estimate of drug-likeness (QED) is 0.795. The molecule has 0 radical (unpaired) electrons. The van der Waals surface area contributed by atoms with Crippen LogP contribution in [0.2, 0.25) is 0 Å². The summed E-state index contributed by atoms with van der Waals surface area (Å²) in [5.41, 5.74) is 1.49. The average Bonchev–Trinajstić information content (AvgIpc) is 2.36. The highest BCUT2D eigenvalue weighted by Crippen LogP contribution is 2.27. The van der Waals surface area contributed by atoms with Gasteiger partial charge < -0.3 is 4.74 Å². The zero-order valence-corrected chi connectivity index (χ0v) is 8.94. The second kappa shape index (κ2) is 4.90. The van der Waals surface area contributed by atoms with E-state index in [1.165, 1.54) is 0 Å². The van der Waals surface area contributed by atoms with E-state index in [1.54, 1.807) is 24.4 Å². The Morgan fingerprint density at radius 1 is 1.31 bits per heavy atom. The predicted molar refractivity (Wildman–Crippen MR) is 58.8 cm³/mol. The molecule has 0 saturated carbocycles. The summed E-state index contributed by atoms with van der Waals surface area (Å²) in [6, 6.07) is 7.03. The standard InChI is InChI=1S/C12H12FNO2/c1-2-15-8-9-5-6-11(16-13)12-10(9)4-3-7-14-12/h3-7H,2,8H2,1H3. The van der Waals surface area contributed by atoms with Crippen molar-refractivity contribution in [2.24, 2.45) is 0 Å². The Kier molecular flexibility index (Phi) is 3.31. The topological polar surface area (TPSA) is 31.4 Å². The van der Waals surface area contributed by atoms with Gasteiger partial charge in [-0.3, -0.25) is 9.93 Å². The van der Waals surface area contributed by atoms with Crippen molar-refractivity contribution >= 4 is 10.9 Å². The normalized spacial score (nSPS) is 10.6. The summed E-state index contributed by atoms with van der Waals surface area (Å²) in [6.07, 6.45) is 1.61. The van der Waals surface area contributed by atoms with Gasteiger partial charge in [0, 0.05) is 22.7 Å². The van der Waals surface area contributed by atoms with Crippen LogP contribution in [0.5, 0.6) is 5.75 Å². The van der Waals surface area contributed by atoms with Gasteiger partial charge in [0.25, 0.3) is 0 Å². The van der Waals surface area contributed by atoms with E-state index in [0.29, 0.717) is 18.7 Å². The molecule has 1 aromatic heterocycles. The van der Waals surface area contributed by atoms with Crippen LogP contribution in [0.25, 0.3) is 10.9 Å². The van der Waals surface area contributed by atoms with E-state index < -0.39 is 0 Å². The minimum Gasteiger partial charge on any atom is -0.377 e. The Balaban J connectivity index is 2.51. The van der Waals surface area contributed by atoms with Crippen LogP contribution >= 0.6 is 0 Å². The van der Waals surface area contributed by atoms with Crippen LogP contribution in [0.4, 0.5) is 4.53 Å². The maximum atomic E-state index is 12.3. The van der Waals surface area contributed by atoms with Crippen molar-refractivity contribution in [1.82, 2.24) is 4.98 Å². The average molecular weight is 221 g/mol. The number of hydrogen-bond donors (Lipinski definition) is 0. The van der Waals surface area contributed by atoms with Gasteiger partial charge in [0.15, 0.2) is 5.75 Å². The highest BCUT2D eigenvalue weighted by Gasteiger charge is 2.08. The molecule has 0 atom stereocenters. The van der Waals surface area contributed by atoms with Gasteiger partial charge in [-0.2, -0.15) is 0 Å². The Morgan fingerprint density at radius 2 is 2.19 bits per heavy atom. The van der Waals surface area contributed by atoms with E-state index >= 15 is 0 Å². The lowest BCUT2D eigenvalue weighted by atomic mass is 10.1. The van der Waals surface area contributed by atoms with E-state index in [0.717, 1.165) is 10.9 Å². The third-order valence-electron chi connectivity index (χ3n) is 2.37. The highest BCUT2D eigenvalue weighted by molar-refractivity contribution is 5.87. The fourth-order valence-electron chi connectivity index (χ4n) is 1.61. The molecule has 2 aromatic rings. The number of aromatic nitrogens is 1. The van der Waals surface area contributed by atoms with Crippen molar-refractivity contribution in [3.63, 3.8) is 0 Å². The summed E-state index contributed by atoms with van der Waals surface area (Å²) in [6.45, 7) is 3.06. The van der Waals surface area contributed by atoms with Gasteiger partial charge in [-0.25, -0.2) is 0 Å². The smallest absolute Gasteiger partial charge is 0.198 e. The molecule has 0 aliphatic carbocycles. The van der Waals surface area contributed by atoms with Crippen molar-refractivity contribution in [3.8, 4) is 5.75 Å². The minimum atomic E-state index is 0.135. The molecular weight excluding hydrogens is 209 g/mol. The molecule has 1 heterocycles. The Labute approximate surface area is 92.7 Å². The Bertz CT molecular complexity index is 487. The summed E-state index contributed by atoms with van der Waals surface area (Å²) in [5, 5.41) is 0.853. The fourth-order valence-corrected chi connectivity index (χ4v) is 1.61. The van der Waals surface area contributed by atoms with Crippen molar-refractivity contribution in [2.75, 3.05) is 6.61 Å². The fraction of sp³-hybridized carbons (Fsp3) is 0.250. The summed E-state index contributed by atoms with van der Waals surface area (Å²) >= 11 is 0. The van der Waals surface area contributed by atoms with E-state index in [9.17, 15) is 4.53 Å². The minimum absolute atomic E-state index is 0.135. The number of benzene rings is 1. The Morgan fingerprint density at radius 3 is 2.94 bits per heavy atom. The number of ether oxygens (including phenoxy) is 1. The monoisotopic (exact) mass is 221 g/mol. The molecule has 1 aromatic carbocycles. The van der Waals surface area contributed by atoms with Crippen molar-refractivity contribution in [1.29, 1.82) is 0 Å². The molecule has 0 saturated heterocycles. The van der Waals surface area contributed by atoms with Gasteiger partial charge in [0.2, 0.25) is 0 Å². The first-order chi connectivity index (χ1) is 7.86. The second-order valence-electron chi connectivity index (χ2n) is 3.34. The first kappa shape index (κ1) is 10.8. The molecule has 0 spiro atoms. The molecule has 4 heteroatoms. The third kappa shape index (κ3) is 1.97. The molecule has 0 aliphatic rings. The molecule has 0 aliphatic heterocycles. The number of nitrogens with zero attached hydrogens (tertiary/aromatic N) is 1. The number of hydrogen-bond acceptors (Lipinski definition) is 3. The van der Waals surface area contributed by atoms with Crippen LogP contribution in [-0.4, -0.2) is 11.6 Å². The van der Waals surface area contributed by atoms with Crippen molar-refractivity contribution < 1.29 is 14.2 Å². The van der Waals surface area contributed by atoms with E-state index in [4.69, 9.17) is 4.74 Å². The lowest BCUT2D eigenvalue weighted by molar-refractivity contribution is -0.00451. The maximum Gasteiger partial charge on any atom is 0.198 e. The second-order valence-corrected chi connectivity index (χ2v) is 3.34. The molecule has 0 N–H and O–H groups in total. The highest BCUT2D eigenvalue weighted by atomic mass is 19.3. The number of halogens is 1. The summed E-state index contributed by atoms with van der Waals surface area (Å²) < 4.78 is 17.6. The van der Waals surface area contributed by atoms with Gasteiger partial charge in [0.1, 0.15) is 5.52 Å². The first-order valence-corrected chi connectivity index (χ1v) is 5.09. The molecule has 0 unspecified atom stereocenters. The van der Waals surface area contributed by atoms with Crippen molar-refractivity contribution in [3.05, 3.63) is 36.0 Å². The first-order valence-electron chi connectivity index (χ1n) is 5.09. The number of pyridine rings is 1. The van der Waals surface area contributed by atoms with Crippen LogP contribution in [0.15, 0.2) is 30.5 Å². The van der Waals surface area contributed by atoms with Crippen molar-refractivity contribution in [2.45, 2.75) is 13.5 Å². The van der Waals surface area contributed by atoms with E-state index in [1.807, 2.05) is 13.0 Å². The summed E-state index contributed by atoms with van der Waals surface area (Å²) in [5.74, 6) is 0.135. The van der Waals surface area contributed by atoms with Crippen LogP contribution in [-0.2, 0) is 11.3 Å². The molecule has 84 valence electrons. The largest absolute Gasteiger partial charge is 0.377 e.